The van der Waals surface area contributed by atoms with E-state index in [9.17, 15) is 0 Å². The van der Waals surface area contributed by atoms with Crippen LogP contribution in [0.4, 0.5) is 5.69 Å². The molecule has 3 N–H and O–H groups in total. The van der Waals surface area contributed by atoms with Crippen molar-refractivity contribution < 1.29 is 0 Å². The highest BCUT2D eigenvalue weighted by atomic mass is 32.1. The molecule has 1 saturated carbocycles. The van der Waals surface area contributed by atoms with Gasteiger partial charge in [-0.25, -0.2) is 0 Å². The van der Waals surface area contributed by atoms with Crippen LogP contribution in [0.25, 0.3) is 0 Å². The molecule has 4 heteroatoms. The summed E-state index contributed by atoms with van der Waals surface area (Å²) in [7, 11) is 0. The van der Waals surface area contributed by atoms with Crippen LogP contribution in [0.3, 0.4) is 0 Å². The second kappa shape index (κ2) is 4.14. The Morgan fingerprint density at radius 2 is 2.33 bits per heavy atom. The Balaban J connectivity index is 2.10. The van der Waals surface area contributed by atoms with Crippen LogP contribution in [0.1, 0.15) is 25.5 Å². The zero-order chi connectivity index (χ0) is 10.8. The smallest absolute Gasteiger partial charge is 0.124 e. The van der Waals surface area contributed by atoms with Gasteiger partial charge in [0, 0.05) is 12.2 Å². The average molecular weight is 221 g/mol. The predicted molar refractivity (Wildman–Crippen MR) is 65.9 cm³/mol. The van der Waals surface area contributed by atoms with Crippen LogP contribution >= 0.6 is 12.2 Å². The number of hydrogen-bond donors (Lipinski definition) is 2. The van der Waals surface area contributed by atoms with Crippen LogP contribution in [0.15, 0.2) is 18.3 Å². The van der Waals surface area contributed by atoms with Gasteiger partial charge in [-0.1, -0.05) is 19.1 Å². The molecule has 1 aromatic heterocycles. The first-order valence-corrected chi connectivity index (χ1v) is 5.59. The van der Waals surface area contributed by atoms with E-state index < -0.39 is 0 Å². The standard InChI is InChI=1S/C11H15N3S/c1-7-5-8(6-7)14-9-3-2-4-13-10(9)11(12)15/h2-4,7-8,14H,5-6H2,1H3,(H2,12,15). The zero-order valence-electron chi connectivity index (χ0n) is 8.73. The minimum atomic E-state index is 0.352. The highest BCUT2D eigenvalue weighted by molar-refractivity contribution is 7.80. The van der Waals surface area contributed by atoms with Crippen molar-refractivity contribution in [2.45, 2.75) is 25.8 Å². The molecule has 1 aromatic rings. The summed E-state index contributed by atoms with van der Waals surface area (Å²) in [4.78, 5) is 4.53. The van der Waals surface area contributed by atoms with Gasteiger partial charge in [-0.2, -0.15) is 0 Å². The van der Waals surface area contributed by atoms with E-state index in [2.05, 4.69) is 17.2 Å². The first-order valence-electron chi connectivity index (χ1n) is 5.18. The van der Waals surface area contributed by atoms with Gasteiger partial charge in [0.05, 0.1) is 5.69 Å². The Bertz CT molecular complexity index is 372. The van der Waals surface area contributed by atoms with Crippen molar-refractivity contribution in [1.29, 1.82) is 0 Å². The molecule has 80 valence electrons. The highest BCUT2D eigenvalue weighted by Gasteiger charge is 2.25. The number of rotatable bonds is 3. The zero-order valence-corrected chi connectivity index (χ0v) is 9.55. The first-order chi connectivity index (χ1) is 7.16. The molecule has 0 atom stereocenters. The number of nitrogens with one attached hydrogen (secondary N) is 1. The molecule has 1 heterocycles. The molecule has 0 saturated heterocycles. The van der Waals surface area contributed by atoms with Crippen molar-refractivity contribution >= 4 is 22.9 Å². The molecule has 0 aromatic carbocycles. The number of nitrogens with zero attached hydrogens (tertiary/aromatic N) is 1. The van der Waals surface area contributed by atoms with Crippen molar-refractivity contribution in [3.8, 4) is 0 Å². The van der Waals surface area contributed by atoms with Crippen molar-refractivity contribution in [2.75, 3.05) is 5.32 Å². The molecule has 0 bridgehead atoms. The molecule has 0 spiro atoms. The molecule has 3 nitrogen and oxygen atoms in total. The molecule has 2 rings (SSSR count). The van der Waals surface area contributed by atoms with Gasteiger partial charge in [-0.3, -0.25) is 4.98 Å². The molecule has 1 aliphatic rings. The van der Waals surface area contributed by atoms with Crippen LogP contribution in [0, 0.1) is 5.92 Å². The number of aromatic nitrogens is 1. The summed E-state index contributed by atoms with van der Waals surface area (Å²) in [5.41, 5.74) is 7.27. The summed E-state index contributed by atoms with van der Waals surface area (Å²) < 4.78 is 0. The Labute approximate surface area is 95.1 Å². The average Bonchev–Trinajstić information content (AvgIpc) is 2.16. The lowest BCUT2D eigenvalue weighted by Crippen LogP contribution is -2.34. The molecule has 0 aliphatic heterocycles. The first kappa shape index (κ1) is 10.4. The van der Waals surface area contributed by atoms with Gasteiger partial charge < -0.3 is 11.1 Å². The summed E-state index contributed by atoms with van der Waals surface area (Å²) in [5.74, 6) is 0.826. The Morgan fingerprint density at radius 3 is 2.93 bits per heavy atom. The van der Waals surface area contributed by atoms with Crippen LogP contribution in [0.5, 0.6) is 0 Å². The Morgan fingerprint density at radius 1 is 1.60 bits per heavy atom. The molecule has 1 fully saturated rings. The maximum Gasteiger partial charge on any atom is 0.124 e. The largest absolute Gasteiger partial charge is 0.388 e. The van der Waals surface area contributed by atoms with E-state index in [1.165, 1.54) is 12.8 Å². The van der Waals surface area contributed by atoms with Crippen molar-refractivity contribution in [3.05, 3.63) is 24.0 Å². The normalized spacial score (nSPS) is 24.3. The van der Waals surface area contributed by atoms with Crippen molar-refractivity contribution in [2.24, 2.45) is 11.7 Å². The van der Waals surface area contributed by atoms with E-state index in [1.807, 2.05) is 12.1 Å². The van der Waals surface area contributed by atoms with E-state index in [0.29, 0.717) is 16.7 Å². The van der Waals surface area contributed by atoms with E-state index in [4.69, 9.17) is 18.0 Å². The minimum absolute atomic E-state index is 0.352. The Kier molecular flexibility index (Phi) is 2.86. The van der Waals surface area contributed by atoms with Crippen LogP contribution in [-0.2, 0) is 0 Å². The molecule has 15 heavy (non-hydrogen) atoms. The molecular formula is C11H15N3S. The van der Waals surface area contributed by atoms with Crippen LogP contribution in [0.2, 0.25) is 0 Å². The minimum Gasteiger partial charge on any atom is -0.388 e. The molecule has 0 unspecified atom stereocenters. The van der Waals surface area contributed by atoms with E-state index in [1.54, 1.807) is 6.20 Å². The number of thiocarbonyl (C=S) groups is 1. The van der Waals surface area contributed by atoms with Gasteiger partial charge in [-0.15, -0.1) is 0 Å². The van der Waals surface area contributed by atoms with Crippen molar-refractivity contribution in [1.82, 2.24) is 4.98 Å². The molecular weight excluding hydrogens is 206 g/mol. The van der Waals surface area contributed by atoms with Crippen LogP contribution < -0.4 is 11.1 Å². The third-order valence-corrected chi connectivity index (χ3v) is 2.97. The lowest BCUT2D eigenvalue weighted by atomic mass is 9.82. The van der Waals surface area contributed by atoms with E-state index in [-0.39, 0.29) is 0 Å². The number of hydrogen-bond acceptors (Lipinski definition) is 3. The lowest BCUT2D eigenvalue weighted by Gasteiger charge is -2.34. The predicted octanol–water partition coefficient (Wildman–Crippen LogP) is 1.93. The molecule has 1 aliphatic carbocycles. The fourth-order valence-corrected chi connectivity index (χ4v) is 2.12. The van der Waals surface area contributed by atoms with Gasteiger partial charge in [0.25, 0.3) is 0 Å². The fourth-order valence-electron chi connectivity index (χ4n) is 1.96. The Hall–Kier alpha value is -1.16. The topological polar surface area (TPSA) is 50.9 Å². The van der Waals surface area contributed by atoms with Gasteiger partial charge in [0.1, 0.15) is 10.7 Å². The third-order valence-electron chi connectivity index (χ3n) is 2.77. The summed E-state index contributed by atoms with van der Waals surface area (Å²) in [6.45, 7) is 2.26. The van der Waals surface area contributed by atoms with E-state index >= 15 is 0 Å². The second-order valence-electron chi connectivity index (χ2n) is 4.18. The summed E-state index contributed by atoms with van der Waals surface area (Å²) >= 11 is 4.96. The number of nitrogens with two attached hydrogens (primary N) is 1. The van der Waals surface area contributed by atoms with Gasteiger partial charge in [0.15, 0.2) is 0 Å². The third kappa shape index (κ3) is 2.26. The summed E-state index contributed by atoms with van der Waals surface area (Å²) in [6.07, 6.45) is 4.14. The quantitative estimate of drug-likeness (QED) is 0.766. The highest BCUT2D eigenvalue weighted by Crippen LogP contribution is 2.29. The second-order valence-corrected chi connectivity index (χ2v) is 4.62. The van der Waals surface area contributed by atoms with Gasteiger partial charge >= 0.3 is 0 Å². The lowest BCUT2D eigenvalue weighted by molar-refractivity contribution is 0.309. The molecule has 0 amide bonds. The van der Waals surface area contributed by atoms with Gasteiger partial charge in [0.2, 0.25) is 0 Å². The van der Waals surface area contributed by atoms with Crippen LogP contribution in [-0.4, -0.2) is 16.0 Å². The van der Waals surface area contributed by atoms with Gasteiger partial charge in [-0.05, 0) is 30.9 Å². The maximum absolute atomic E-state index is 5.61. The van der Waals surface area contributed by atoms with E-state index in [0.717, 1.165) is 11.6 Å². The fraction of sp³-hybridized carbons (Fsp3) is 0.455. The van der Waals surface area contributed by atoms with Crippen molar-refractivity contribution in [3.63, 3.8) is 0 Å². The number of pyridine rings is 1. The monoisotopic (exact) mass is 221 g/mol. The number of anilines is 1. The SMILES string of the molecule is CC1CC(Nc2cccnc2C(N)=S)C1. The maximum atomic E-state index is 5.61. The molecule has 0 radical (unpaired) electrons. The summed E-state index contributed by atoms with van der Waals surface area (Å²) in [6, 6.07) is 4.42. The summed E-state index contributed by atoms with van der Waals surface area (Å²) in [5, 5.41) is 3.43.